The zero-order chi connectivity index (χ0) is 19.2. The van der Waals surface area contributed by atoms with Gasteiger partial charge in [-0.25, -0.2) is 0 Å². The van der Waals surface area contributed by atoms with Crippen molar-refractivity contribution in [2.75, 3.05) is 19.6 Å². The fourth-order valence-corrected chi connectivity index (χ4v) is 4.06. The van der Waals surface area contributed by atoms with Crippen molar-refractivity contribution in [1.29, 1.82) is 0 Å². The number of benzene rings is 2. The molecule has 0 aliphatic carbocycles. The molecule has 2 heterocycles. The van der Waals surface area contributed by atoms with E-state index in [1.165, 1.54) is 11.1 Å². The van der Waals surface area contributed by atoms with Crippen molar-refractivity contribution in [3.8, 4) is 5.75 Å². The quantitative estimate of drug-likeness (QED) is 0.633. The van der Waals surface area contributed by atoms with E-state index in [9.17, 15) is 0 Å². The van der Waals surface area contributed by atoms with E-state index in [2.05, 4.69) is 52.3 Å². The minimum atomic E-state index is 0. The summed E-state index contributed by atoms with van der Waals surface area (Å²) >= 11 is 0. The number of hydrogen-bond acceptors (Lipinski definition) is 4. The molecule has 0 bridgehead atoms. The Labute approximate surface area is 179 Å². The molecule has 1 saturated heterocycles. The van der Waals surface area contributed by atoms with E-state index in [0.717, 1.165) is 31.1 Å². The van der Waals surface area contributed by atoms with Crippen LogP contribution in [0.2, 0.25) is 0 Å². The van der Waals surface area contributed by atoms with Crippen molar-refractivity contribution >= 4 is 12.4 Å². The SMILES string of the molecule is Cl.NC[C@@H]1CN(Cc2ccccc2OCc2ccccn2)C[C@H]1c1ccccc1. The monoisotopic (exact) mass is 409 g/mol. The number of hydrogen-bond donors (Lipinski definition) is 1. The summed E-state index contributed by atoms with van der Waals surface area (Å²) in [7, 11) is 0. The molecule has 1 aliphatic heterocycles. The summed E-state index contributed by atoms with van der Waals surface area (Å²) in [6.45, 7) is 4.12. The van der Waals surface area contributed by atoms with Crippen LogP contribution < -0.4 is 10.5 Å². The molecule has 0 unspecified atom stereocenters. The van der Waals surface area contributed by atoms with E-state index in [4.69, 9.17) is 10.5 Å². The largest absolute Gasteiger partial charge is 0.487 e. The second kappa shape index (κ2) is 10.4. The van der Waals surface area contributed by atoms with Gasteiger partial charge in [0.25, 0.3) is 0 Å². The van der Waals surface area contributed by atoms with Crippen LogP contribution in [0, 0.1) is 5.92 Å². The Kier molecular flexibility index (Phi) is 7.64. The molecule has 5 heteroatoms. The van der Waals surface area contributed by atoms with Crippen LogP contribution in [0.4, 0.5) is 0 Å². The van der Waals surface area contributed by atoms with E-state index >= 15 is 0 Å². The molecular weight excluding hydrogens is 382 g/mol. The lowest BCUT2D eigenvalue weighted by atomic mass is 9.89. The molecule has 0 spiro atoms. The Bertz CT molecular complexity index is 876. The molecule has 2 aromatic carbocycles. The van der Waals surface area contributed by atoms with Crippen LogP contribution in [-0.2, 0) is 13.2 Å². The average molecular weight is 410 g/mol. The molecule has 0 amide bonds. The van der Waals surface area contributed by atoms with Crippen LogP contribution in [0.5, 0.6) is 5.75 Å². The predicted octanol–water partition coefficient (Wildman–Crippen LogP) is 4.26. The van der Waals surface area contributed by atoms with Gasteiger partial charge < -0.3 is 10.5 Å². The second-order valence-electron chi connectivity index (χ2n) is 7.42. The zero-order valence-corrected chi connectivity index (χ0v) is 17.3. The number of nitrogens with zero attached hydrogens (tertiary/aromatic N) is 2. The average Bonchev–Trinajstić information content (AvgIpc) is 3.17. The van der Waals surface area contributed by atoms with Gasteiger partial charge in [0.05, 0.1) is 5.69 Å². The van der Waals surface area contributed by atoms with Crippen molar-refractivity contribution in [2.24, 2.45) is 11.7 Å². The fraction of sp³-hybridized carbons (Fsp3) is 0.292. The molecule has 2 atom stereocenters. The number of pyridine rings is 1. The topological polar surface area (TPSA) is 51.4 Å². The molecular formula is C24H28ClN3O. The lowest BCUT2D eigenvalue weighted by Gasteiger charge is -2.18. The first-order valence-corrected chi connectivity index (χ1v) is 9.91. The summed E-state index contributed by atoms with van der Waals surface area (Å²) in [5, 5.41) is 0. The first-order chi connectivity index (χ1) is 13.8. The van der Waals surface area contributed by atoms with E-state index in [1.54, 1.807) is 6.20 Å². The highest BCUT2D eigenvalue weighted by molar-refractivity contribution is 5.85. The molecule has 29 heavy (non-hydrogen) atoms. The Morgan fingerprint density at radius 1 is 0.931 bits per heavy atom. The first-order valence-electron chi connectivity index (χ1n) is 9.91. The minimum absolute atomic E-state index is 0. The number of likely N-dealkylation sites (tertiary alicyclic amines) is 1. The smallest absolute Gasteiger partial charge is 0.130 e. The molecule has 2 N–H and O–H groups in total. The van der Waals surface area contributed by atoms with E-state index < -0.39 is 0 Å². The van der Waals surface area contributed by atoms with Crippen molar-refractivity contribution in [3.05, 3.63) is 95.8 Å². The lowest BCUT2D eigenvalue weighted by Crippen LogP contribution is -2.23. The third kappa shape index (κ3) is 5.36. The summed E-state index contributed by atoms with van der Waals surface area (Å²) < 4.78 is 6.08. The van der Waals surface area contributed by atoms with Gasteiger partial charge in [-0.05, 0) is 36.2 Å². The van der Waals surface area contributed by atoms with Crippen molar-refractivity contribution in [1.82, 2.24) is 9.88 Å². The van der Waals surface area contributed by atoms with E-state index in [1.807, 2.05) is 30.3 Å². The third-order valence-corrected chi connectivity index (χ3v) is 5.52. The van der Waals surface area contributed by atoms with Gasteiger partial charge >= 0.3 is 0 Å². The van der Waals surface area contributed by atoms with Crippen molar-refractivity contribution in [2.45, 2.75) is 19.1 Å². The van der Waals surface area contributed by atoms with Crippen LogP contribution >= 0.6 is 12.4 Å². The number of nitrogens with two attached hydrogens (primary N) is 1. The molecule has 0 saturated carbocycles. The summed E-state index contributed by atoms with van der Waals surface area (Å²) in [6, 6.07) is 24.9. The van der Waals surface area contributed by atoms with Gasteiger partial charge in [0, 0.05) is 37.3 Å². The van der Waals surface area contributed by atoms with Crippen LogP contribution in [-0.4, -0.2) is 29.5 Å². The lowest BCUT2D eigenvalue weighted by molar-refractivity contribution is 0.279. The molecule has 1 fully saturated rings. The Hall–Kier alpha value is -2.40. The number of para-hydroxylation sites is 1. The van der Waals surface area contributed by atoms with E-state index in [0.29, 0.717) is 25.0 Å². The first kappa shape index (κ1) is 21.3. The maximum atomic E-state index is 6.10. The third-order valence-electron chi connectivity index (χ3n) is 5.52. The van der Waals surface area contributed by atoms with Crippen LogP contribution in [0.15, 0.2) is 79.0 Å². The molecule has 4 nitrogen and oxygen atoms in total. The summed E-state index contributed by atoms with van der Waals surface area (Å²) in [5.74, 6) is 1.91. The van der Waals surface area contributed by atoms with Gasteiger partial charge in [0.15, 0.2) is 0 Å². The van der Waals surface area contributed by atoms with Crippen LogP contribution in [0.3, 0.4) is 0 Å². The second-order valence-corrected chi connectivity index (χ2v) is 7.42. The number of ether oxygens (including phenoxy) is 1. The van der Waals surface area contributed by atoms with Crippen molar-refractivity contribution < 1.29 is 4.74 Å². The van der Waals surface area contributed by atoms with Gasteiger partial charge in [0.1, 0.15) is 12.4 Å². The molecule has 1 aliphatic rings. The van der Waals surface area contributed by atoms with Crippen LogP contribution in [0.1, 0.15) is 22.7 Å². The maximum absolute atomic E-state index is 6.10. The fourth-order valence-electron chi connectivity index (χ4n) is 4.06. The minimum Gasteiger partial charge on any atom is -0.487 e. The highest BCUT2D eigenvalue weighted by Gasteiger charge is 2.32. The predicted molar refractivity (Wildman–Crippen MR) is 119 cm³/mol. The number of aromatic nitrogens is 1. The number of rotatable bonds is 7. The summed E-state index contributed by atoms with van der Waals surface area (Å²) in [4.78, 5) is 6.84. The van der Waals surface area contributed by atoms with Gasteiger partial charge in [-0.1, -0.05) is 54.6 Å². The van der Waals surface area contributed by atoms with E-state index in [-0.39, 0.29) is 12.4 Å². The van der Waals surface area contributed by atoms with Crippen molar-refractivity contribution in [3.63, 3.8) is 0 Å². The van der Waals surface area contributed by atoms with Gasteiger partial charge in [-0.3, -0.25) is 9.88 Å². The molecule has 152 valence electrons. The number of halogens is 1. The standard InChI is InChI=1S/C24H27N3O.ClH/c25-14-21-16-27(17-23(21)19-8-2-1-3-9-19)15-20-10-4-5-12-24(20)28-18-22-11-6-7-13-26-22;/h1-13,21,23H,14-18,25H2;1H/t21-,23+;/m1./s1. The maximum Gasteiger partial charge on any atom is 0.130 e. The summed E-state index contributed by atoms with van der Waals surface area (Å²) in [6.07, 6.45) is 1.80. The van der Waals surface area contributed by atoms with Crippen LogP contribution in [0.25, 0.3) is 0 Å². The van der Waals surface area contributed by atoms with Gasteiger partial charge in [-0.15, -0.1) is 12.4 Å². The summed E-state index contributed by atoms with van der Waals surface area (Å²) in [5.41, 5.74) is 9.64. The Balaban J connectivity index is 0.00000240. The van der Waals surface area contributed by atoms with Gasteiger partial charge in [0.2, 0.25) is 0 Å². The molecule has 4 rings (SSSR count). The Morgan fingerprint density at radius 3 is 2.45 bits per heavy atom. The molecule has 3 aromatic rings. The highest BCUT2D eigenvalue weighted by atomic mass is 35.5. The molecule has 1 aromatic heterocycles. The highest BCUT2D eigenvalue weighted by Crippen LogP contribution is 2.33. The normalized spacial score (nSPS) is 18.9. The molecule has 0 radical (unpaired) electrons. The Morgan fingerprint density at radius 2 is 1.69 bits per heavy atom. The zero-order valence-electron chi connectivity index (χ0n) is 16.5. The van der Waals surface area contributed by atoms with Gasteiger partial charge in [-0.2, -0.15) is 0 Å².